The van der Waals surface area contributed by atoms with E-state index in [4.69, 9.17) is 0 Å². The first-order valence-corrected chi connectivity index (χ1v) is 9.12. The number of nitrogens with one attached hydrogen (secondary N) is 2. The van der Waals surface area contributed by atoms with Crippen LogP contribution in [0.15, 0.2) is 17.4 Å². The molecule has 0 aromatic carbocycles. The van der Waals surface area contributed by atoms with Gasteiger partial charge in [0.05, 0.1) is 6.20 Å². The van der Waals surface area contributed by atoms with Crippen LogP contribution in [0.5, 0.6) is 0 Å². The largest absolute Gasteiger partial charge is 0.356 e. The third-order valence-electron chi connectivity index (χ3n) is 4.80. The van der Waals surface area contributed by atoms with Gasteiger partial charge in [-0.15, -0.1) is 24.0 Å². The molecule has 1 aliphatic rings. The fourth-order valence-corrected chi connectivity index (χ4v) is 3.39. The zero-order valence-electron chi connectivity index (χ0n) is 15.4. The summed E-state index contributed by atoms with van der Waals surface area (Å²) in [5.74, 6) is 1.86. The number of guanidine groups is 1. The van der Waals surface area contributed by atoms with Crippen LogP contribution in [0, 0.1) is 5.92 Å². The van der Waals surface area contributed by atoms with Crippen LogP contribution in [0.3, 0.4) is 0 Å². The second-order valence-corrected chi connectivity index (χ2v) is 6.90. The summed E-state index contributed by atoms with van der Waals surface area (Å²) < 4.78 is 1.84. The van der Waals surface area contributed by atoms with Crippen molar-refractivity contribution in [3.63, 3.8) is 0 Å². The molecule has 5 nitrogen and oxygen atoms in total. The maximum Gasteiger partial charge on any atom is 0.191 e. The molecule has 1 aromatic heterocycles. The van der Waals surface area contributed by atoms with Crippen molar-refractivity contribution in [3.05, 3.63) is 18.0 Å². The highest BCUT2D eigenvalue weighted by molar-refractivity contribution is 14.0. The second-order valence-electron chi connectivity index (χ2n) is 6.90. The molecule has 138 valence electrons. The summed E-state index contributed by atoms with van der Waals surface area (Å²) in [4.78, 5) is 4.33. The second kappa shape index (κ2) is 11.7. The van der Waals surface area contributed by atoms with Crippen LogP contribution in [-0.2, 0) is 13.5 Å². The van der Waals surface area contributed by atoms with Crippen molar-refractivity contribution >= 4 is 29.9 Å². The zero-order valence-corrected chi connectivity index (χ0v) is 17.8. The van der Waals surface area contributed by atoms with Gasteiger partial charge in [0.15, 0.2) is 5.96 Å². The molecular formula is C18H34IN5. The molecule has 24 heavy (non-hydrogen) atoms. The summed E-state index contributed by atoms with van der Waals surface area (Å²) in [6.45, 7) is 3.14. The van der Waals surface area contributed by atoms with E-state index in [0.717, 1.165) is 24.8 Å². The zero-order chi connectivity index (χ0) is 16.5. The summed E-state index contributed by atoms with van der Waals surface area (Å²) in [6, 6.07) is 0.474. The monoisotopic (exact) mass is 447 g/mol. The Kier molecular flexibility index (Phi) is 10.4. The van der Waals surface area contributed by atoms with Crippen LogP contribution < -0.4 is 10.6 Å². The first kappa shape index (κ1) is 21.3. The van der Waals surface area contributed by atoms with E-state index in [1.165, 1.54) is 50.5 Å². The molecule has 1 fully saturated rings. The van der Waals surface area contributed by atoms with Gasteiger partial charge in [-0.25, -0.2) is 0 Å². The van der Waals surface area contributed by atoms with Crippen molar-refractivity contribution in [1.82, 2.24) is 20.4 Å². The Morgan fingerprint density at radius 1 is 1.38 bits per heavy atom. The van der Waals surface area contributed by atoms with E-state index in [-0.39, 0.29) is 24.0 Å². The van der Waals surface area contributed by atoms with Gasteiger partial charge in [0.25, 0.3) is 0 Å². The molecule has 1 heterocycles. The van der Waals surface area contributed by atoms with Crippen LogP contribution >= 0.6 is 24.0 Å². The van der Waals surface area contributed by atoms with Crippen LogP contribution in [0.25, 0.3) is 0 Å². The first-order valence-electron chi connectivity index (χ1n) is 9.12. The van der Waals surface area contributed by atoms with E-state index in [1.807, 2.05) is 25.0 Å². The first-order chi connectivity index (χ1) is 11.2. The Morgan fingerprint density at radius 2 is 2.12 bits per heavy atom. The van der Waals surface area contributed by atoms with E-state index in [9.17, 15) is 0 Å². The lowest BCUT2D eigenvalue weighted by Gasteiger charge is -2.24. The summed E-state index contributed by atoms with van der Waals surface area (Å²) in [6.07, 6.45) is 14.7. The van der Waals surface area contributed by atoms with Crippen molar-refractivity contribution < 1.29 is 0 Å². The Bertz CT molecular complexity index is 480. The molecule has 0 amide bonds. The van der Waals surface area contributed by atoms with Crippen LogP contribution in [0.1, 0.15) is 57.4 Å². The third-order valence-corrected chi connectivity index (χ3v) is 4.80. The number of hydrogen-bond acceptors (Lipinski definition) is 2. The average molecular weight is 447 g/mol. The average Bonchev–Trinajstić information content (AvgIpc) is 2.98. The number of nitrogens with zero attached hydrogens (tertiary/aromatic N) is 3. The minimum atomic E-state index is 0. The fourth-order valence-electron chi connectivity index (χ4n) is 3.39. The Morgan fingerprint density at radius 3 is 2.75 bits per heavy atom. The molecule has 0 saturated heterocycles. The Labute approximate surface area is 164 Å². The molecule has 0 spiro atoms. The minimum Gasteiger partial charge on any atom is -0.356 e. The molecule has 0 aliphatic heterocycles. The maximum atomic E-state index is 4.33. The summed E-state index contributed by atoms with van der Waals surface area (Å²) in [7, 11) is 3.79. The lowest BCUT2D eigenvalue weighted by Crippen LogP contribution is -2.43. The SMILES string of the molecule is CN=C(NCCc1cnn(C)c1)NC(C)CCC1CCCCC1.I. The van der Waals surface area contributed by atoms with Crippen molar-refractivity contribution in [3.8, 4) is 0 Å². The number of rotatable bonds is 7. The lowest BCUT2D eigenvalue weighted by atomic mass is 9.85. The van der Waals surface area contributed by atoms with E-state index < -0.39 is 0 Å². The summed E-state index contributed by atoms with van der Waals surface area (Å²) >= 11 is 0. The van der Waals surface area contributed by atoms with Gasteiger partial charge in [-0.3, -0.25) is 9.67 Å². The van der Waals surface area contributed by atoms with Gasteiger partial charge in [0.2, 0.25) is 0 Å². The van der Waals surface area contributed by atoms with Crippen LogP contribution in [0.4, 0.5) is 0 Å². The molecule has 1 unspecified atom stereocenters. The van der Waals surface area contributed by atoms with E-state index in [1.54, 1.807) is 0 Å². The maximum absolute atomic E-state index is 4.33. The third kappa shape index (κ3) is 7.85. The molecule has 0 radical (unpaired) electrons. The van der Waals surface area contributed by atoms with Crippen LogP contribution in [-0.4, -0.2) is 35.4 Å². The Balaban J connectivity index is 0.00000288. The van der Waals surface area contributed by atoms with E-state index in [0.29, 0.717) is 6.04 Å². The molecule has 1 aliphatic carbocycles. The van der Waals surface area contributed by atoms with Crippen molar-refractivity contribution in [2.45, 2.75) is 64.3 Å². The standard InChI is InChI=1S/C18H33N5.HI/c1-15(9-10-16-7-5-4-6-8-16)22-18(19-2)20-12-11-17-13-21-23(3)14-17;/h13-16H,4-12H2,1-3H3,(H2,19,20,22);1H. The quantitative estimate of drug-likeness (QED) is 0.382. The van der Waals surface area contributed by atoms with Gasteiger partial charge < -0.3 is 10.6 Å². The van der Waals surface area contributed by atoms with Gasteiger partial charge in [-0.2, -0.15) is 5.10 Å². The van der Waals surface area contributed by atoms with E-state index >= 15 is 0 Å². The molecule has 6 heteroatoms. The normalized spacial score (nSPS) is 17.2. The molecular weight excluding hydrogens is 413 g/mol. The fraction of sp³-hybridized carbons (Fsp3) is 0.778. The number of aromatic nitrogens is 2. The van der Waals surface area contributed by atoms with E-state index in [2.05, 4.69) is 33.8 Å². The van der Waals surface area contributed by atoms with Gasteiger partial charge in [0.1, 0.15) is 0 Å². The lowest BCUT2D eigenvalue weighted by molar-refractivity contribution is 0.322. The molecule has 1 saturated carbocycles. The molecule has 0 bridgehead atoms. The van der Waals surface area contributed by atoms with Crippen LogP contribution in [0.2, 0.25) is 0 Å². The highest BCUT2D eigenvalue weighted by Crippen LogP contribution is 2.27. The highest BCUT2D eigenvalue weighted by atomic mass is 127. The van der Waals surface area contributed by atoms with Gasteiger partial charge in [-0.1, -0.05) is 32.1 Å². The smallest absolute Gasteiger partial charge is 0.191 e. The molecule has 1 atom stereocenters. The summed E-state index contributed by atoms with van der Waals surface area (Å²) in [5, 5.41) is 11.1. The number of halogens is 1. The summed E-state index contributed by atoms with van der Waals surface area (Å²) in [5.41, 5.74) is 1.25. The number of aliphatic imine (C=N–C) groups is 1. The Hall–Kier alpha value is -0.790. The topological polar surface area (TPSA) is 54.2 Å². The van der Waals surface area contributed by atoms with Gasteiger partial charge in [0, 0.05) is 32.9 Å². The van der Waals surface area contributed by atoms with Crippen molar-refractivity contribution in [2.75, 3.05) is 13.6 Å². The molecule has 2 N–H and O–H groups in total. The predicted octanol–water partition coefficient (Wildman–Crippen LogP) is 3.49. The minimum absolute atomic E-state index is 0. The highest BCUT2D eigenvalue weighted by Gasteiger charge is 2.14. The molecule has 2 rings (SSSR count). The van der Waals surface area contributed by atoms with Gasteiger partial charge in [-0.05, 0) is 37.7 Å². The number of aryl methyl sites for hydroxylation is 1. The van der Waals surface area contributed by atoms with Gasteiger partial charge >= 0.3 is 0 Å². The predicted molar refractivity (Wildman–Crippen MR) is 112 cm³/mol. The molecule has 1 aromatic rings. The van der Waals surface area contributed by atoms with Crippen molar-refractivity contribution in [1.29, 1.82) is 0 Å². The number of hydrogen-bond donors (Lipinski definition) is 2. The van der Waals surface area contributed by atoms with Crippen molar-refractivity contribution in [2.24, 2.45) is 18.0 Å².